The van der Waals surface area contributed by atoms with Crippen molar-refractivity contribution in [3.8, 4) is 0 Å². The smallest absolute Gasteiger partial charge is 0.264 e. The Morgan fingerprint density at radius 2 is 2.00 bits per heavy atom. The summed E-state index contributed by atoms with van der Waals surface area (Å²) in [7, 11) is -3.76. The van der Waals surface area contributed by atoms with Gasteiger partial charge < -0.3 is 0 Å². The van der Waals surface area contributed by atoms with Gasteiger partial charge in [0.15, 0.2) is 0 Å². The van der Waals surface area contributed by atoms with E-state index in [0.717, 1.165) is 24.2 Å². The zero-order chi connectivity index (χ0) is 12.5. The third-order valence-electron chi connectivity index (χ3n) is 4.80. The van der Waals surface area contributed by atoms with Crippen molar-refractivity contribution in [3.05, 3.63) is 0 Å². The van der Waals surface area contributed by atoms with Gasteiger partial charge in [-0.25, -0.2) is 0 Å². The first-order valence-corrected chi connectivity index (χ1v) is 8.52. The van der Waals surface area contributed by atoms with E-state index in [-0.39, 0.29) is 5.75 Å². The molecule has 17 heavy (non-hydrogen) atoms. The molecule has 2 bridgehead atoms. The Morgan fingerprint density at radius 3 is 2.71 bits per heavy atom. The van der Waals surface area contributed by atoms with Gasteiger partial charge in [0.2, 0.25) is 0 Å². The lowest BCUT2D eigenvalue weighted by Gasteiger charge is -2.44. The largest absolute Gasteiger partial charge is 0.286 e. The molecule has 0 heterocycles. The molecule has 4 atom stereocenters. The fourth-order valence-electron chi connectivity index (χ4n) is 4.12. The first kappa shape index (κ1) is 13.3. The van der Waals surface area contributed by atoms with E-state index in [2.05, 4.69) is 6.92 Å². The van der Waals surface area contributed by atoms with Crippen molar-refractivity contribution in [3.63, 3.8) is 0 Å². The van der Waals surface area contributed by atoms with Crippen molar-refractivity contribution in [2.45, 2.75) is 51.9 Å². The monoisotopic (exact) mass is 260 g/mol. The summed E-state index contributed by atoms with van der Waals surface area (Å²) in [5.41, 5.74) is 0. The Labute approximate surface area is 105 Å². The van der Waals surface area contributed by atoms with Gasteiger partial charge in [0.05, 0.1) is 5.75 Å². The van der Waals surface area contributed by atoms with Gasteiger partial charge in [-0.05, 0) is 49.4 Å². The lowest BCUT2D eigenvalue weighted by molar-refractivity contribution is 0.0656. The van der Waals surface area contributed by atoms with Crippen LogP contribution in [-0.4, -0.2) is 18.7 Å². The number of fused-ring (bicyclic) bond motifs is 2. The molecule has 0 aliphatic heterocycles. The van der Waals surface area contributed by atoms with Gasteiger partial charge in [-0.15, -0.1) is 0 Å². The van der Waals surface area contributed by atoms with Crippen LogP contribution in [0.5, 0.6) is 0 Å². The van der Waals surface area contributed by atoms with Crippen molar-refractivity contribution in [1.29, 1.82) is 0 Å². The number of rotatable bonds is 4. The first-order valence-electron chi connectivity index (χ1n) is 6.91. The molecule has 0 aromatic heterocycles. The predicted molar refractivity (Wildman–Crippen MR) is 68.4 cm³/mol. The minimum Gasteiger partial charge on any atom is -0.286 e. The highest BCUT2D eigenvalue weighted by Gasteiger charge is 2.37. The van der Waals surface area contributed by atoms with Gasteiger partial charge in [0.25, 0.3) is 10.1 Å². The van der Waals surface area contributed by atoms with Crippen LogP contribution in [0.2, 0.25) is 0 Å². The molecule has 2 aliphatic carbocycles. The SMILES string of the molecule is CC1CC2CCCC(C2)C1CCCS(=O)(=O)O. The molecule has 4 unspecified atom stereocenters. The summed E-state index contributed by atoms with van der Waals surface area (Å²) in [5.74, 6) is 3.11. The van der Waals surface area contributed by atoms with Crippen LogP contribution in [0.15, 0.2) is 0 Å². The third-order valence-corrected chi connectivity index (χ3v) is 5.61. The summed E-state index contributed by atoms with van der Waals surface area (Å²) in [6.45, 7) is 2.32. The molecule has 2 fully saturated rings. The summed E-state index contributed by atoms with van der Waals surface area (Å²) < 4.78 is 30.2. The fourth-order valence-corrected chi connectivity index (χ4v) is 4.65. The van der Waals surface area contributed by atoms with E-state index in [1.54, 1.807) is 0 Å². The van der Waals surface area contributed by atoms with Crippen LogP contribution in [0.4, 0.5) is 0 Å². The lowest BCUT2D eigenvalue weighted by Crippen LogP contribution is -2.34. The molecule has 0 spiro atoms. The van der Waals surface area contributed by atoms with Gasteiger partial charge >= 0.3 is 0 Å². The Kier molecular flexibility index (Phi) is 4.14. The highest BCUT2D eigenvalue weighted by molar-refractivity contribution is 7.85. The molecule has 0 saturated heterocycles. The molecule has 2 aliphatic rings. The van der Waals surface area contributed by atoms with E-state index in [1.165, 1.54) is 32.1 Å². The zero-order valence-electron chi connectivity index (χ0n) is 10.6. The Hall–Kier alpha value is -0.0900. The molecule has 2 saturated carbocycles. The molecule has 2 rings (SSSR count). The van der Waals surface area contributed by atoms with Crippen LogP contribution >= 0.6 is 0 Å². The summed E-state index contributed by atoms with van der Waals surface area (Å²) in [5, 5.41) is 0. The highest BCUT2D eigenvalue weighted by atomic mass is 32.2. The van der Waals surface area contributed by atoms with Crippen LogP contribution in [0.1, 0.15) is 51.9 Å². The van der Waals surface area contributed by atoms with Crippen LogP contribution < -0.4 is 0 Å². The van der Waals surface area contributed by atoms with E-state index in [4.69, 9.17) is 4.55 Å². The Balaban J connectivity index is 1.86. The normalized spacial score (nSPS) is 38.0. The van der Waals surface area contributed by atoms with Crippen LogP contribution in [0.3, 0.4) is 0 Å². The van der Waals surface area contributed by atoms with Crippen molar-refractivity contribution in [1.82, 2.24) is 0 Å². The molecule has 0 amide bonds. The molecule has 0 aromatic carbocycles. The zero-order valence-corrected chi connectivity index (χ0v) is 11.5. The van der Waals surface area contributed by atoms with Crippen molar-refractivity contribution in [2.24, 2.45) is 23.7 Å². The van der Waals surface area contributed by atoms with E-state index in [9.17, 15) is 8.42 Å². The van der Waals surface area contributed by atoms with E-state index in [1.807, 2.05) is 0 Å². The van der Waals surface area contributed by atoms with Crippen LogP contribution in [0.25, 0.3) is 0 Å². The second kappa shape index (κ2) is 5.27. The molecule has 100 valence electrons. The second-order valence-electron chi connectivity index (χ2n) is 6.10. The van der Waals surface area contributed by atoms with Crippen LogP contribution in [0, 0.1) is 23.7 Å². The molecule has 4 heteroatoms. The van der Waals surface area contributed by atoms with Gasteiger partial charge in [-0.1, -0.05) is 26.2 Å². The third kappa shape index (κ3) is 3.68. The van der Waals surface area contributed by atoms with Crippen molar-refractivity contribution < 1.29 is 13.0 Å². The maximum Gasteiger partial charge on any atom is 0.264 e. The molecular formula is C13H24O3S. The Bertz CT molecular complexity index is 348. The minimum atomic E-state index is -3.76. The minimum absolute atomic E-state index is 0.0631. The summed E-state index contributed by atoms with van der Waals surface area (Å²) >= 11 is 0. The topological polar surface area (TPSA) is 54.4 Å². The van der Waals surface area contributed by atoms with E-state index in [0.29, 0.717) is 12.3 Å². The first-order chi connectivity index (χ1) is 7.96. The molecule has 1 N–H and O–H groups in total. The van der Waals surface area contributed by atoms with Gasteiger partial charge in [-0.2, -0.15) is 8.42 Å². The van der Waals surface area contributed by atoms with Crippen LogP contribution in [-0.2, 0) is 10.1 Å². The van der Waals surface area contributed by atoms with Gasteiger partial charge in [-0.3, -0.25) is 4.55 Å². The standard InChI is InChI=1S/C13H24O3S/c1-10-8-11-4-2-5-12(9-11)13(10)6-3-7-17(14,15)16/h10-13H,2-9H2,1H3,(H,14,15,16). The molecular weight excluding hydrogens is 236 g/mol. The lowest BCUT2D eigenvalue weighted by atomic mass is 9.61. The quantitative estimate of drug-likeness (QED) is 0.790. The molecule has 0 aromatic rings. The van der Waals surface area contributed by atoms with Crippen molar-refractivity contribution in [2.75, 3.05) is 5.75 Å². The summed E-state index contributed by atoms with van der Waals surface area (Å²) in [6.07, 6.45) is 8.37. The van der Waals surface area contributed by atoms with Crippen molar-refractivity contribution >= 4 is 10.1 Å². The van der Waals surface area contributed by atoms with E-state index < -0.39 is 10.1 Å². The predicted octanol–water partition coefficient (Wildman–Crippen LogP) is 3.12. The highest BCUT2D eigenvalue weighted by Crippen LogP contribution is 2.47. The molecule has 3 nitrogen and oxygen atoms in total. The Morgan fingerprint density at radius 1 is 1.24 bits per heavy atom. The number of hydrogen-bond donors (Lipinski definition) is 1. The average molecular weight is 260 g/mol. The number of hydrogen-bond acceptors (Lipinski definition) is 2. The maximum absolute atomic E-state index is 10.7. The second-order valence-corrected chi connectivity index (χ2v) is 7.67. The van der Waals surface area contributed by atoms with E-state index >= 15 is 0 Å². The maximum atomic E-state index is 10.7. The van der Waals surface area contributed by atoms with Gasteiger partial charge in [0, 0.05) is 0 Å². The average Bonchev–Trinajstić information content (AvgIpc) is 2.21. The fraction of sp³-hybridized carbons (Fsp3) is 1.00. The summed E-state index contributed by atoms with van der Waals surface area (Å²) in [4.78, 5) is 0. The molecule has 0 radical (unpaired) electrons. The van der Waals surface area contributed by atoms with Gasteiger partial charge in [0.1, 0.15) is 0 Å². The summed E-state index contributed by atoms with van der Waals surface area (Å²) in [6, 6.07) is 0.